The van der Waals surface area contributed by atoms with Crippen LogP contribution in [0.25, 0.3) is 0 Å². The summed E-state index contributed by atoms with van der Waals surface area (Å²) in [5, 5.41) is 8.80. The lowest BCUT2D eigenvalue weighted by atomic mass is 10.0. The Kier molecular flexibility index (Phi) is 2.65. The number of carbonyl (C=O) groups is 1. The largest absolute Gasteiger partial charge is 0.469 e. The van der Waals surface area contributed by atoms with Gasteiger partial charge < -0.3 is 9.84 Å². The second-order valence-electron chi connectivity index (χ2n) is 2.59. The van der Waals surface area contributed by atoms with Crippen molar-refractivity contribution >= 4 is 5.97 Å². The zero-order valence-corrected chi connectivity index (χ0v) is 6.54. The highest BCUT2D eigenvalue weighted by atomic mass is 16.5. The van der Waals surface area contributed by atoms with Gasteiger partial charge in [0.15, 0.2) is 0 Å². The van der Waals surface area contributed by atoms with Crippen LogP contribution < -0.4 is 0 Å². The fourth-order valence-electron chi connectivity index (χ4n) is 1.35. The van der Waals surface area contributed by atoms with Crippen molar-refractivity contribution in [2.24, 2.45) is 5.92 Å². The molecule has 1 aliphatic rings. The van der Waals surface area contributed by atoms with Gasteiger partial charge in [-0.1, -0.05) is 6.08 Å². The first-order valence-corrected chi connectivity index (χ1v) is 3.67. The number of methoxy groups -OCH3 is 1. The fourth-order valence-corrected chi connectivity index (χ4v) is 1.35. The second kappa shape index (κ2) is 3.53. The molecule has 0 spiro atoms. The van der Waals surface area contributed by atoms with Crippen LogP contribution in [0, 0.1) is 5.92 Å². The van der Waals surface area contributed by atoms with Crippen molar-refractivity contribution in [3.05, 3.63) is 11.6 Å². The fraction of sp³-hybridized carbons (Fsp3) is 0.625. The SMILES string of the molecule is COC(=O)C1CCC=C1CO. The third-order valence-corrected chi connectivity index (χ3v) is 1.98. The van der Waals surface area contributed by atoms with Crippen molar-refractivity contribution in [2.45, 2.75) is 12.8 Å². The lowest BCUT2D eigenvalue weighted by molar-refractivity contribution is -0.144. The molecule has 0 amide bonds. The maximum Gasteiger partial charge on any atom is 0.312 e. The van der Waals surface area contributed by atoms with Crippen molar-refractivity contribution in [3.8, 4) is 0 Å². The van der Waals surface area contributed by atoms with Crippen LogP contribution in [0.2, 0.25) is 0 Å². The minimum Gasteiger partial charge on any atom is -0.469 e. The molecule has 62 valence electrons. The molecule has 0 aliphatic heterocycles. The van der Waals surface area contributed by atoms with Crippen molar-refractivity contribution in [3.63, 3.8) is 0 Å². The maximum atomic E-state index is 11.0. The maximum absolute atomic E-state index is 11.0. The molecule has 3 nitrogen and oxygen atoms in total. The molecule has 0 saturated heterocycles. The van der Waals surface area contributed by atoms with Crippen LogP contribution in [0.3, 0.4) is 0 Å². The van der Waals surface area contributed by atoms with E-state index in [1.54, 1.807) is 0 Å². The average Bonchev–Trinajstić information content (AvgIpc) is 2.50. The summed E-state index contributed by atoms with van der Waals surface area (Å²) in [5.41, 5.74) is 0.803. The molecule has 0 aromatic heterocycles. The predicted octanol–water partition coefficient (Wildman–Crippen LogP) is 0.488. The molecule has 0 aromatic rings. The molecule has 11 heavy (non-hydrogen) atoms. The van der Waals surface area contributed by atoms with Crippen LogP contribution in [-0.4, -0.2) is 24.8 Å². The molecule has 1 unspecified atom stereocenters. The minimum atomic E-state index is -0.234. The van der Waals surface area contributed by atoms with E-state index in [0.717, 1.165) is 18.4 Å². The van der Waals surface area contributed by atoms with Gasteiger partial charge in [-0.25, -0.2) is 0 Å². The van der Waals surface area contributed by atoms with E-state index in [9.17, 15) is 4.79 Å². The van der Waals surface area contributed by atoms with Crippen molar-refractivity contribution < 1.29 is 14.6 Å². The number of esters is 1. The van der Waals surface area contributed by atoms with E-state index in [-0.39, 0.29) is 18.5 Å². The van der Waals surface area contributed by atoms with Gasteiger partial charge in [0.05, 0.1) is 19.6 Å². The van der Waals surface area contributed by atoms with E-state index in [1.165, 1.54) is 7.11 Å². The summed E-state index contributed by atoms with van der Waals surface area (Å²) < 4.78 is 4.58. The Morgan fingerprint density at radius 2 is 2.64 bits per heavy atom. The summed E-state index contributed by atoms with van der Waals surface area (Å²) >= 11 is 0. The molecule has 1 rings (SSSR count). The van der Waals surface area contributed by atoms with E-state index >= 15 is 0 Å². The number of aliphatic hydroxyl groups is 1. The summed E-state index contributed by atoms with van der Waals surface area (Å²) in [7, 11) is 1.37. The zero-order chi connectivity index (χ0) is 8.27. The predicted molar refractivity (Wildman–Crippen MR) is 39.9 cm³/mol. The van der Waals surface area contributed by atoms with Crippen LogP contribution in [0.15, 0.2) is 11.6 Å². The lowest BCUT2D eigenvalue weighted by Crippen LogP contribution is -2.17. The molecule has 3 heteroatoms. The van der Waals surface area contributed by atoms with Crippen molar-refractivity contribution in [1.29, 1.82) is 0 Å². The molecule has 0 radical (unpaired) electrons. The number of allylic oxidation sites excluding steroid dienone is 1. The Morgan fingerprint density at radius 1 is 1.91 bits per heavy atom. The summed E-state index contributed by atoms with van der Waals surface area (Å²) in [5.74, 6) is -0.423. The number of carbonyl (C=O) groups excluding carboxylic acids is 1. The molecule has 1 aliphatic carbocycles. The van der Waals surface area contributed by atoms with Gasteiger partial charge in [0, 0.05) is 0 Å². The molecule has 1 N–H and O–H groups in total. The first-order chi connectivity index (χ1) is 5.29. The van der Waals surface area contributed by atoms with Crippen LogP contribution in [0.5, 0.6) is 0 Å². The quantitative estimate of drug-likeness (QED) is 0.467. The molecule has 0 fully saturated rings. The monoisotopic (exact) mass is 156 g/mol. The molecule has 0 bridgehead atoms. The van der Waals surface area contributed by atoms with Crippen LogP contribution >= 0.6 is 0 Å². The van der Waals surface area contributed by atoms with Gasteiger partial charge in [-0.3, -0.25) is 4.79 Å². The third-order valence-electron chi connectivity index (χ3n) is 1.98. The van der Waals surface area contributed by atoms with Gasteiger partial charge in [-0.2, -0.15) is 0 Å². The van der Waals surface area contributed by atoms with Gasteiger partial charge in [0.1, 0.15) is 0 Å². The number of rotatable bonds is 2. The van der Waals surface area contributed by atoms with Gasteiger partial charge in [0.25, 0.3) is 0 Å². The van der Waals surface area contributed by atoms with Crippen LogP contribution in [0.1, 0.15) is 12.8 Å². The van der Waals surface area contributed by atoms with Crippen LogP contribution in [0.4, 0.5) is 0 Å². The number of ether oxygens (including phenoxy) is 1. The Balaban J connectivity index is 2.59. The summed E-state index contributed by atoms with van der Waals surface area (Å²) in [6.07, 6.45) is 3.56. The van der Waals surface area contributed by atoms with Gasteiger partial charge >= 0.3 is 5.97 Å². The van der Waals surface area contributed by atoms with E-state index in [4.69, 9.17) is 5.11 Å². The van der Waals surface area contributed by atoms with E-state index < -0.39 is 0 Å². The Hall–Kier alpha value is -0.830. The standard InChI is InChI=1S/C8H12O3/c1-11-8(10)7-4-2-3-6(7)5-9/h3,7,9H,2,4-5H2,1H3. The van der Waals surface area contributed by atoms with E-state index in [0.29, 0.717) is 0 Å². The molecule has 0 saturated carbocycles. The topological polar surface area (TPSA) is 46.5 Å². The van der Waals surface area contributed by atoms with Crippen molar-refractivity contribution in [2.75, 3.05) is 13.7 Å². The number of hydrogen-bond donors (Lipinski definition) is 1. The molecule has 1 atom stereocenters. The summed E-state index contributed by atoms with van der Waals surface area (Å²) in [6, 6.07) is 0. The normalized spacial score (nSPS) is 23.1. The first-order valence-electron chi connectivity index (χ1n) is 3.67. The van der Waals surface area contributed by atoms with Crippen LogP contribution in [-0.2, 0) is 9.53 Å². The second-order valence-corrected chi connectivity index (χ2v) is 2.59. The molecular weight excluding hydrogens is 144 g/mol. The Labute approximate surface area is 65.7 Å². The summed E-state index contributed by atoms with van der Waals surface area (Å²) in [6.45, 7) is -0.0280. The lowest BCUT2D eigenvalue weighted by Gasteiger charge is -2.09. The minimum absolute atomic E-state index is 0.0280. The third kappa shape index (κ3) is 1.60. The average molecular weight is 156 g/mol. The zero-order valence-electron chi connectivity index (χ0n) is 6.54. The van der Waals surface area contributed by atoms with Gasteiger partial charge in [0.2, 0.25) is 0 Å². The highest BCUT2D eigenvalue weighted by Gasteiger charge is 2.26. The number of aliphatic hydroxyl groups excluding tert-OH is 1. The summed E-state index contributed by atoms with van der Waals surface area (Å²) in [4.78, 5) is 11.0. The molecule has 0 aromatic carbocycles. The highest BCUT2D eigenvalue weighted by Crippen LogP contribution is 2.25. The Morgan fingerprint density at radius 3 is 3.18 bits per heavy atom. The Bertz CT molecular complexity index is 184. The highest BCUT2D eigenvalue weighted by molar-refractivity contribution is 5.76. The van der Waals surface area contributed by atoms with E-state index in [2.05, 4.69) is 4.74 Å². The first kappa shape index (κ1) is 8.27. The molecule has 0 heterocycles. The van der Waals surface area contributed by atoms with Crippen molar-refractivity contribution in [1.82, 2.24) is 0 Å². The van der Waals surface area contributed by atoms with Gasteiger partial charge in [-0.15, -0.1) is 0 Å². The molecular formula is C8H12O3. The smallest absolute Gasteiger partial charge is 0.312 e. The van der Waals surface area contributed by atoms with Gasteiger partial charge in [-0.05, 0) is 18.4 Å². The number of hydrogen-bond acceptors (Lipinski definition) is 3. The van der Waals surface area contributed by atoms with E-state index in [1.807, 2.05) is 6.08 Å².